The minimum atomic E-state index is 0.500. The van der Waals surface area contributed by atoms with Gasteiger partial charge in [0.15, 0.2) is 12.7 Å². The van der Waals surface area contributed by atoms with E-state index in [9.17, 15) is 0 Å². The molecule has 9 aromatic rings. The summed E-state index contributed by atoms with van der Waals surface area (Å²) in [4.78, 5) is 28.1. The van der Waals surface area contributed by atoms with Crippen LogP contribution in [0.1, 0.15) is 228 Å². The Balaban J connectivity index is -0.000000109. The summed E-state index contributed by atoms with van der Waals surface area (Å²) in [6.07, 6.45) is 33.2. The van der Waals surface area contributed by atoms with E-state index in [1.54, 1.807) is 92.8 Å². The Labute approximate surface area is 543 Å². The lowest BCUT2D eigenvalue weighted by molar-refractivity contribution is 0.416. The molecule has 89 heavy (non-hydrogen) atoms. The van der Waals surface area contributed by atoms with Crippen molar-refractivity contribution in [2.75, 3.05) is 0 Å². The fourth-order valence-electron chi connectivity index (χ4n) is 1.82. The number of imidazole rings is 1. The molecule has 4 N–H and O–H groups in total. The molecule has 0 fully saturated rings. The molecule has 0 aliphatic heterocycles. The van der Waals surface area contributed by atoms with Gasteiger partial charge in [-0.15, -0.1) is 0 Å². The molecule has 9 aromatic heterocycles. The molecule has 512 valence electrons. The number of nitrogens with zero attached hydrogens (tertiary/aromatic N) is 13. The average molecular weight is 1250 g/mol. The topological polar surface area (TPSA) is 270 Å². The number of aromatic nitrogens is 17. The number of hydrogen-bond acceptors (Lipinski definition) is 16. The summed E-state index contributed by atoms with van der Waals surface area (Å²) in [5.41, 5.74) is 3.00. The number of H-pyrrole nitrogens is 4. The normalized spacial score (nSPS) is 9.48. The Morgan fingerprint density at radius 2 is 0.742 bits per heavy atom. The summed E-state index contributed by atoms with van der Waals surface area (Å²) in [6.45, 7) is 72.0. The highest BCUT2D eigenvalue weighted by Gasteiger charge is 1.98. The van der Waals surface area contributed by atoms with Crippen LogP contribution in [0.2, 0.25) is 0 Å². The Morgan fingerprint density at radius 3 is 0.843 bits per heavy atom. The summed E-state index contributed by atoms with van der Waals surface area (Å²) in [5.74, 6) is 2.50. The molecule has 9 rings (SSSR count). The van der Waals surface area contributed by atoms with Crippen molar-refractivity contribution >= 4 is 0 Å². The second-order valence-electron chi connectivity index (χ2n) is 29.9. The first-order chi connectivity index (χ1) is 40.7. The number of hydrogen-bond donors (Lipinski definition) is 4. The van der Waals surface area contributed by atoms with Crippen LogP contribution in [0, 0.1) is 50.2 Å². The largest absolute Gasteiger partial charge is 0.452 e. The lowest BCUT2D eigenvalue weighted by Crippen LogP contribution is -1.93. The summed E-state index contributed by atoms with van der Waals surface area (Å²) in [7, 11) is 0. The number of aromatic amines is 4. The van der Waals surface area contributed by atoms with Crippen LogP contribution in [0.15, 0.2) is 181 Å². The highest BCUT2D eigenvalue weighted by molar-refractivity contribution is 4.88. The molecule has 0 radical (unpaired) electrons. The van der Waals surface area contributed by atoms with Gasteiger partial charge in [-0.2, -0.15) is 25.6 Å². The van der Waals surface area contributed by atoms with E-state index < -0.39 is 0 Å². The van der Waals surface area contributed by atoms with Gasteiger partial charge in [-0.25, -0.2) is 29.9 Å². The molecule has 0 amide bonds. The second-order valence-corrected chi connectivity index (χ2v) is 29.9. The van der Waals surface area contributed by atoms with Crippen LogP contribution < -0.4 is 0 Å². The van der Waals surface area contributed by atoms with Gasteiger partial charge in [0.25, 0.3) is 0 Å². The van der Waals surface area contributed by atoms with Crippen LogP contribution >= 0.6 is 0 Å². The van der Waals surface area contributed by atoms with Crippen molar-refractivity contribution in [3.63, 3.8) is 0 Å². The standard InChI is InChI=1S/C5H5N.6C5H12.C4H4N2.3C4H10.2C3H4N2.2C3H3NO.2C2H3N3.C2H2N2O/c1-2-4-6-5-3-1;6*1-5(2,3)4;1-2-5-4-6-3-1;3*1-4(2)3;1-2-5-3-4-1;1-2-4-5-3-1;1-2-5-3-4-1;1-2-4-5-3-1;1-3-2-5-4-1;1-2-4-5-3-1;1-3-2-5-4-1/h1-5H;6*1-4H3;1-4H;3*4H,1-3H3;2*1-3H,(H,4,5);2*1-3H;2*1-2H,(H,3,4,5);1-2H. The van der Waals surface area contributed by atoms with Gasteiger partial charge in [-0.1, -0.05) is 245 Å². The molecule has 20 heteroatoms. The van der Waals surface area contributed by atoms with Crippen LogP contribution in [0.25, 0.3) is 0 Å². The van der Waals surface area contributed by atoms with E-state index in [0.717, 1.165) is 17.8 Å². The third kappa shape index (κ3) is 318. The predicted molar refractivity (Wildman–Crippen MR) is 376 cm³/mol. The summed E-state index contributed by atoms with van der Waals surface area (Å²) >= 11 is 0. The molecule has 0 saturated carbocycles. The molecule has 0 aromatic carbocycles. The van der Waals surface area contributed by atoms with Crippen molar-refractivity contribution in [1.29, 1.82) is 0 Å². The van der Waals surface area contributed by atoms with Crippen molar-refractivity contribution in [2.45, 2.75) is 228 Å². The third-order valence-electron chi connectivity index (χ3n) is 3.50. The Morgan fingerprint density at radius 1 is 0.292 bits per heavy atom. The lowest BCUT2D eigenvalue weighted by atomic mass is 10.0. The number of rotatable bonds is 0. The van der Waals surface area contributed by atoms with Crippen LogP contribution in [-0.2, 0) is 0 Å². The zero-order valence-electron chi connectivity index (χ0n) is 62.4. The monoisotopic (exact) mass is 1250 g/mol. The molecule has 0 bridgehead atoms. The van der Waals surface area contributed by atoms with E-state index in [0.29, 0.717) is 32.5 Å². The van der Waals surface area contributed by atoms with E-state index in [1.807, 2.05) is 24.3 Å². The average Bonchev–Trinajstić information content (AvgIpc) is 4.24. The van der Waals surface area contributed by atoms with E-state index in [2.05, 4.69) is 328 Å². The molecule has 0 saturated heterocycles. The van der Waals surface area contributed by atoms with E-state index >= 15 is 0 Å². The van der Waals surface area contributed by atoms with Crippen LogP contribution in [0.4, 0.5) is 0 Å². The van der Waals surface area contributed by atoms with Crippen molar-refractivity contribution < 1.29 is 13.5 Å². The number of nitrogens with one attached hydrogen (secondary N) is 4. The van der Waals surface area contributed by atoms with Crippen molar-refractivity contribution in [1.82, 2.24) is 86.0 Å². The Bertz CT molecular complexity index is 1670. The van der Waals surface area contributed by atoms with Gasteiger partial charge in [-0.3, -0.25) is 15.2 Å². The van der Waals surface area contributed by atoms with Crippen LogP contribution in [0.3, 0.4) is 0 Å². The third-order valence-corrected chi connectivity index (χ3v) is 3.50. The van der Waals surface area contributed by atoms with Crippen LogP contribution in [-0.4, -0.2) is 86.0 Å². The number of oxazole rings is 1. The zero-order chi connectivity index (χ0) is 71.0. The molecule has 9 heterocycles. The molecule has 0 aliphatic carbocycles. The highest BCUT2D eigenvalue weighted by atomic mass is 16.5. The fourth-order valence-corrected chi connectivity index (χ4v) is 1.82. The lowest BCUT2D eigenvalue weighted by Gasteiger charge is -2.05. The second kappa shape index (κ2) is 71.2. The summed E-state index contributed by atoms with van der Waals surface area (Å²) < 4.78 is 13.0. The first-order valence-corrected chi connectivity index (χ1v) is 30.1. The minimum absolute atomic E-state index is 0.500. The van der Waals surface area contributed by atoms with Gasteiger partial charge >= 0.3 is 0 Å². The summed E-state index contributed by atoms with van der Waals surface area (Å²) in [6, 6.07) is 11.0. The predicted octanol–water partition coefficient (Wildman–Crippen LogP) is 20.7. The first kappa shape index (κ1) is 100. The summed E-state index contributed by atoms with van der Waals surface area (Å²) in [5, 5.41) is 28.1. The fraction of sp³-hybridized carbons (Fsp3) is 0.609. The number of pyridine rings is 1. The Hall–Kier alpha value is -7.51. The first-order valence-electron chi connectivity index (χ1n) is 30.1. The molecule has 0 atom stereocenters. The van der Waals surface area contributed by atoms with E-state index in [4.69, 9.17) is 0 Å². The van der Waals surface area contributed by atoms with E-state index in [1.165, 1.54) is 50.6 Å². The van der Waals surface area contributed by atoms with Crippen molar-refractivity contribution in [2.24, 2.45) is 50.2 Å². The quantitative estimate of drug-likeness (QED) is 0.110. The molecular formula is C69H133N17O3. The van der Waals surface area contributed by atoms with Crippen LogP contribution in [0.5, 0.6) is 0 Å². The smallest absolute Gasteiger partial charge is 0.213 e. The molecule has 0 aliphatic rings. The van der Waals surface area contributed by atoms with Gasteiger partial charge in [0.1, 0.15) is 31.5 Å². The molecule has 0 unspecified atom stereocenters. The molecular weight excluding hydrogens is 1110 g/mol. The minimum Gasteiger partial charge on any atom is -0.452 e. The van der Waals surface area contributed by atoms with Crippen molar-refractivity contribution in [3.05, 3.63) is 168 Å². The zero-order valence-corrected chi connectivity index (χ0v) is 62.4. The van der Waals surface area contributed by atoms with Gasteiger partial charge in [0.2, 0.25) is 6.39 Å². The van der Waals surface area contributed by atoms with Crippen molar-refractivity contribution in [3.8, 4) is 0 Å². The maximum Gasteiger partial charge on any atom is 0.213 e. The molecule has 0 spiro atoms. The Kier molecular flexibility index (Phi) is 80.4. The van der Waals surface area contributed by atoms with Gasteiger partial charge < -0.3 is 18.4 Å². The van der Waals surface area contributed by atoms with Gasteiger partial charge in [0, 0.05) is 49.6 Å². The van der Waals surface area contributed by atoms with Gasteiger partial charge in [0.05, 0.1) is 31.1 Å². The molecule has 20 nitrogen and oxygen atoms in total. The maximum absolute atomic E-state index is 4.47. The van der Waals surface area contributed by atoms with Gasteiger partial charge in [-0.05, 0) is 80.6 Å². The maximum atomic E-state index is 4.47. The highest BCUT2D eigenvalue weighted by Crippen LogP contribution is 2.10. The SMILES string of the molecule is CC(C)(C)C.CC(C)(C)C.CC(C)(C)C.CC(C)(C)C.CC(C)(C)C.CC(C)(C)C.CC(C)C.CC(C)C.CC(C)C.c1c[nH]cn1.c1ccncc1.c1cn[nH]c1.c1cn[nH]n1.c1cncnc1.c1cnoc1.c1cocn1.c1nc[nH]n1.c1ncon1. The van der Waals surface area contributed by atoms with E-state index in [-0.39, 0.29) is 0 Å².